The minimum absolute atomic E-state index is 0.00717. The zero-order valence-corrected chi connectivity index (χ0v) is 15.2. The summed E-state index contributed by atoms with van der Waals surface area (Å²) in [7, 11) is 0. The number of hydrogen-bond donors (Lipinski definition) is 1. The lowest BCUT2D eigenvalue weighted by Gasteiger charge is -2.35. The molecule has 0 radical (unpaired) electrons. The fraction of sp³-hybridized carbons (Fsp3) is 0.316. The smallest absolute Gasteiger partial charge is 0.292 e. The van der Waals surface area contributed by atoms with E-state index in [0.717, 1.165) is 0 Å². The van der Waals surface area contributed by atoms with Crippen LogP contribution in [0.1, 0.15) is 12.0 Å². The largest absolute Gasteiger partial charge is 0.379 e. The lowest BCUT2D eigenvalue weighted by Crippen LogP contribution is -2.49. The Balaban J connectivity index is 1.50. The Morgan fingerprint density at radius 3 is 2.68 bits per heavy atom. The maximum Gasteiger partial charge on any atom is 0.292 e. The molecule has 0 bridgehead atoms. The van der Waals surface area contributed by atoms with Gasteiger partial charge in [-0.05, 0) is 18.2 Å². The molecule has 2 heterocycles. The van der Waals surface area contributed by atoms with Crippen molar-refractivity contribution >= 4 is 23.1 Å². The minimum Gasteiger partial charge on any atom is -0.379 e. The number of carbonyl (C=O) groups excluding carboxylic acids is 1. The Hall–Kier alpha value is -3.67. The first-order valence-electron chi connectivity index (χ1n) is 8.95. The van der Waals surface area contributed by atoms with Crippen LogP contribution in [0.15, 0.2) is 42.6 Å². The zero-order chi connectivity index (χ0) is 19.9. The second-order valence-corrected chi connectivity index (χ2v) is 6.31. The Morgan fingerprint density at radius 2 is 1.96 bits per heavy atom. The number of hydrogen-bond acceptors (Lipinski definition) is 7. The molecule has 0 aliphatic carbocycles. The highest BCUT2D eigenvalue weighted by molar-refractivity contribution is 5.77. The van der Waals surface area contributed by atoms with E-state index in [9.17, 15) is 20.2 Å². The number of nitro groups is 1. The van der Waals surface area contributed by atoms with Gasteiger partial charge in [-0.3, -0.25) is 14.9 Å². The van der Waals surface area contributed by atoms with E-state index in [1.165, 1.54) is 6.07 Å². The van der Waals surface area contributed by atoms with Crippen molar-refractivity contribution in [2.24, 2.45) is 0 Å². The SMILES string of the molecule is N#Cc1cccnc1N1CCN(C(=O)CCNc2ccccc2[N+](=O)[O-])CC1. The van der Waals surface area contributed by atoms with Gasteiger partial charge < -0.3 is 15.1 Å². The number of nitro benzene ring substituents is 1. The molecule has 9 nitrogen and oxygen atoms in total. The Labute approximate surface area is 162 Å². The summed E-state index contributed by atoms with van der Waals surface area (Å²) in [5.74, 6) is 0.641. The average Bonchev–Trinajstić information content (AvgIpc) is 2.74. The third-order valence-corrected chi connectivity index (χ3v) is 4.59. The van der Waals surface area contributed by atoms with Crippen molar-refractivity contribution in [3.8, 4) is 6.07 Å². The molecule has 0 atom stereocenters. The van der Waals surface area contributed by atoms with Gasteiger partial charge >= 0.3 is 0 Å². The van der Waals surface area contributed by atoms with Gasteiger partial charge in [-0.2, -0.15) is 5.26 Å². The fourth-order valence-electron chi connectivity index (χ4n) is 3.15. The molecule has 0 spiro atoms. The van der Waals surface area contributed by atoms with Crippen LogP contribution in [-0.2, 0) is 4.79 Å². The van der Waals surface area contributed by atoms with Gasteiger partial charge in [-0.1, -0.05) is 12.1 Å². The molecule has 1 saturated heterocycles. The number of benzene rings is 1. The van der Waals surface area contributed by atoms with Gasteiger partial charge in [0.15, 0.2) is 0 Å². The van der Waals surface area contributed by atoms with E-state index in [-0.39, 0.29) is 18.0 Å². The van der Waals surface area contributed by atoms with E-state index in [1.807, 2.05) is 4.90 Å². The van der Waals surface area contributed by atoms with Gasteiger partial charge in [0.05, 0.1) is 10.5 Å². The van der Waals surface area contributed by atoms with Crippen LogP contribution < -0.4 is 10.2 Å². The number of amides is 1. The number of carbonyl (C=O) groups is 1. The van der Waals surface area contributed by atoms with Gasteiger partial charge in [-0.25, -0.2) is 4.98 Å². The van der Waals surface area contributed by atoms with E-state index in [0.29, 0.717) is 49.8 Å². The highest BCUT2D eigenvalue weighted by Gasteiger charge is 2.23. The Morgan fingerprint density at radius 1 is 1.21 bits per heavy atom. The summed E-state index contributed by atoms with van der Waals surface area (Å²) in [6, 6.07) is 12.0. The molecule has 9 heteroatoms. The Bertz CT molecular complexity index is 903. The third-order valence-electron chi connectivity index (χ3n) is 4.59. The highest BCUT2D eigenvalue weighted by atomic mass is 16.6. The van der Waals surface area contributed by atoms with E-state index < -0.39 is 4.92 Å². The van der Waals surface area contributed by atoms with Gasteiger partial charge in [-0.15, -0.1) is 0 Å². The average molecular weight is 380 g/mol. The van der Waals surface area contributed by atoms with Crippen LogP contribution in [0.4, 0.5) is 17.2 Å². The molecule has 1 aromatic carbocycles. The molecule has 0 saturated carbocycles. The predicted molar refractivity (Wildman–Crippen MR) is 104 cm³/mol. The predicted octanol–water partition coefficient (Wildman–Crippen LogP) is 2.01. The molecule has 0 unspecified atom stereocenters. The summed E-state index contributed by atoms with van der Waals surface area (Å²) >= 11 is 0. The summed E-state index contributed by atoms with van der Waals surface area (Å²) in [5, 5.41) is 23.2. The molecular weight excluding hydrogens is 360 g/mol. The standard InChI is InChI=1S/C19H20N6O3/c20-14-15-4-3-8-22-19(15)24-12-10-23(11-13-24)18(26)7-9-21-16-5-1-2-6-17(16)25(27)28/h1-6,8,21H,7,9-13H2. The quantitative estimate of drug-likeness (QED) is 0.602. The summed E-state index contributed by atoms with van der Waals surface area (Å²) in [4.78, 5) is 31.1. The van der Waals surface area contributed by atoms with Gasteiger partial charge in [0, 0.05) is 51.4 Å². The third kappa shape index (κ3) is 4.35. The molecule has 1 N–H and O–H groups in total. The van der Waals surface area contributed by atoms with Crippen molar-refractivity contribution < 1.29 is 9.72 Å². The number of pyridine rings is 1. The van der Waals surface area contributed by atoms with Crippen molar-refractivity contribution in [1.82, 2.24) is 9.88 Å². The van der Waals surface area contributed by atoms with Crippen LogP contribution in [-0.4, -0.2) is 53.4 Å². The first kappa shape index (κ1) is 19.1. The number of aromatic nitrogens is 1. The molecule has 3 rings (SSSR count). The molecule has 1 fully saturated rings. The summed E-state index contributed by atoms with van der Waals surface area (Å²) < 4.78 is 0. The van der Waals surface area contributed by atoms with Crippen LogP contribution in [0, 0.1) is 21.4 Å². The lowest BCUT2D eigenvalue weighted by atomic mass is 10.2. The van der Waals surface area contributed by atoms with E-state index in [2.05, 4.69) is 16.4 Å². The van der Waals surface area contributed by atoms with Crippen LogP contribution in [0.5, 0.6) is 0 Å². The van der Waals surface area contributed by atoms with Crippen molar-refractivity contribution in [2.45, 2.75) is 6.42 Å². The van der Waals surface area contributed by atoms with Crippen LogP contribution in [0.3, 0.4) is 0 Å². The Kier molecular flexibility index (Phi) is 6.01. The maximum absolute atomic E-state index is 12.4. The van der Waals surface area contributed by atoms with E-state index in [1.54, 1.807) is 41.4 Å². The molecule has 2 aromatic rings. The zero-order valence-electron chi connectivity index (χ0n) is 15.2. The highest BCUT2D eigenvalue weighted by Crippen LogP contribution is 2.23. The summed E-state index contributed by atoms with van der Waals surface area (Å²) in [6.07, 6.45) is 1.90. The first-order valence-corrected chi connectivity index (χ1v) is 8.95. The normalized spacial score (nSPS) is 13.7. The lowest BCUT2D eigenvalue weighted by molar-refractivity contribution is -0.384. The molecule has 144 valence electrons. The second-order valence-electron chi connectivity index (χ2n) is 6.31. The number of piperazine rings is 1. The van der Waals surface area contributed by atoms with Crippen molar-refractivity contribution in [3.63, 3.8) is 0 Å². The number of nitrogens with zero attached hydrogens (tertiary/aromatic N) is 5. The number of nitrogens with one attached hydrogen (secondary N) is 1. The van der Waals surface area contributed by atoms with E-state index in [4.69, 9.17) is 0 Å². The monoisotopic (exact) mass is 380 g/mol. The molecular formula is C19H20N6O3. The van der Waals surface area contributed by atoms with Gasteiger partial charge in [0.25, 0.3) is 5.69 Å². The topological polar surface area (TPSA) is 115 Å². The van der Waals surface area contributed by atoms with Crippen LogP contribution in [0.25, 0.3) is 0 Å². The van der Waals surface area contributed by atoms with Gasteiger partial charge in [0.2, 0.25) is 5.91 Å². The van der Waals surface area contributed by atoms with Crippen LogP contribution in [0.2, 0.25) is 0 Å². The second kappa shape index (κ2) is 8.81. The van der Waals surface area contributed by atoms with Crippen molar-refractivity contribution in [3.05, 3.63) is 58.3 Å². The molecule has 1 aliphatic heterocycles. The first-order chi connectivity index (χ1) is 13.6. The molecule has 1 aliphatic rings. The molecule has 28 heavy (non-hydrogen) atoms. The van der Waals surface area contributed by atoms with Gasteiger partial charge in [0.1, 0.15) is 17.6 Å². The van der Waals surface area contributed by atoms with Crippen molar-refractivity contribution in [2.75, 3.05) is 42.9 Å². The minimum atomic E-state index is -0.448. The summed E-state index contributed by atoms with van der Waals surface area (Å²) in [5.41, 5.74) is 0.924. The summed E-state index contributed by atoms with van der Waals surface area (Å²) in [6.45, 7) is 2.63. The van der Waals surface area contributed by atoms with E-state index >= 15 is 0 Å². The number of para-hydroxylation sites is 2. The number of anilines is 2. The molecule has 1 amide bonds. The molecule has 1 aromatic heterocycles. The number of nitriles is 1. The van der Waals surface area contributed by atoms with Crippen LogP contribution >= 0.6 is 0 Å². The number of rotatable bonds is 6. The van der Waals surface area contributed by atoms with Crippen molar-refractivity contribution in [1.29, 1.82) is 5.26 Å². The maximum atomic E-state index is 12.4. The fourth-order valence-corrected chi connectivity index (χ4v) is 3.15.